The van der Waals surface area contributed by atoms with Crippen molar-refractivity contribution in [2.45, 2.75) is 44.4 Å². The Hall–Kier alpha value is -9.58. The van der Waals surface area contributed by atoms with E-state index in [1.807, 2.05) is 0 Å². The summed E-state index contributed by atoms with van der Waals surface area (Å²) in [6, 6.07) is 88.9. The second-order valence-electron chi connectivity index (χ2n) is 25.1. The van der Waals surface area contributed by atoms with Gasteiger partial charge in [0.15, 0.2) is 11.2 Å². The maximum atomic E-state index is 7.54. The first-order chi connectivity index (χ1) is 40.9. The van der Waals surface area contributed by atoms with Crippen LogP contribution in [0.5, 0.6) is 0 Å². The average molecular weight is 1070 g/mol. The minimum absolute atomic E-state index is 0.211. The standard InChI is InChI=1S/C78H56N2O3/c1-76-43-47-40-52-45-77(76,44-47)46-70(76)78(52)62-41-55(79(53-34-30-50(31-35-53)48-16-4-2-5-17-48)64-25-14-23-58-56-20-8-11-27-67(56)81-73(58)64)38-39-60(62)71-63(78)42-66(72-61-22-10-13-29-69(61)83-75(71)72)80(54-36-32-51(33-37-54)49-18-6-3-7-19-49)65-26-15-24-59-57-21-9-12-28-68(57)82-74(59)65/h2-39,41-42,47,52,70H,40,43-46H2,1H3. The molecule has 6 atom stereocenters. The van der Waals surface area contributed by atoms with Crippen LogP contribution in [-0.4, -0.2) is 0 Å². The molecule has 6 unspecified atom stereocenters. The molecule has 0 amide bonds. The van der Waals surface area contributed by atoms with Crippen LogP contribution in [0.2, 0.25) is 0 Å². The molecule has 20 rings (SSSR count). The third-order valence-electron chi connectivity index (χ3n) is 21.4. The average Bonchev–Trinajstić information content (AvgIpc) is 1.59. The molecule has 5 nitrogen and oxygen atoms in total. The fraction of sp³-hybridized carbons (Fsp3) is 0.154. The number of furan rings is 3. The molecule has 0 aliphatic heterocycles. The molecule has 14 aromatic rings. The van der Waals surface area contributed by atoms with E-state index in [0.29, 0.717) is 17.3 Å². The molecule has 6 aliphatic rings. The Morgan fingerprint density at radius 2 is 0.892 bits per heavy atom. The summed E-state index contributed by atoms with van der Waals surface area (Å²) in [6.45, 7) is 2.71. The molecule has 6 aliphatic carbocycles. The molecule has 5 heteroatoms. The molecule has 0 N–H and O–H groups in total. The molecule has 0 saturated heterocycles. The third-order valence-corrected chi connectivity index (χ3v) is 21.4. The van der Waals surface area contributed by atoms with Crippen LogP contribution in [0.1, 0.15) is 50.2 Å². The van der Waals surface area contributed by atoms with Crippen molar-refractivity contribution in [1.29, 1.82) is 0 Å². The number of fused-ring (bicyclic) bond motifs is 14. The van der Waals surface area contributed by atoms with E-state index < -0.39 is 0 Å². The summed E-state index contributed by atoms with van der Waals surface area (Å²) in [5.41, 5.74) is 22.2. The van der Waals surface area contributed by atoms with Crippen molar-refractivity contribution in [3.63, 3.8) is 0 Å². The zero-order chi connectivity index (χ0) is 54.3. The van der Waals surface area contributed by atoms with Crippen molar-refractivity contribution in [2.75, 3.05) is 9.80 Å². The van der Waals surface area contributed by atoms with E-state index >= 15 is 0 Å². The minimum atomic E-state index is -0.295. The number of hydrogen-bond acceptors (Lipinski definition) is 5. The van der Waals surface area contributed by atoms with Crippen LogP contribution in [0.15, 0.2) is 256 Å². The molecule has 396 valence electrons. The highest BCUT2D eigenvalue weighted by Crippen LogP contribution is 2.87. The lowest BCUT2D eigenvalue weighted by molar-refractivity contribution is -0.207. The fourth-order valence-electron chi connectivity index (χ4n) is 18.2. The maximum Gasteiger partial charge on any atom is 0.159 e. The Labute approximate surface area is 480 Å². The Bertz CT molecular complexity index is 5010. The predicted octanol–water partition coefficient (Wildman–Crippen LogP) is 21.8. The molecule has 11 aromatic carbocycles. The van der Waals surface area contributed by atoms with Crippen LogP contribution in [0.3, 0.4) is 0 Å². The quantitative estimate of drug-likeness (QED) is 0.152. The number of para-hydroxylation sites is 5. The molecule has 3 aromatic heterocycles. The fourth-order valence-corrected chi connectivity index (χ4v) is 18.2. The lowest BCUT2D eigenvalue weighted by Gasteiger charge is -2.73. The largest absolute Gasteiger partial charge is 0.455 e. The van der Waals surface area contributed by atoms with Crippen molar-refractivity contribution >= 4 is 99.9 Å². The van der Waals surface area contributed by atoms with Gasteiger partial charge in [0.25, 0.3) is 0 Å². The smallest absolute Gasteiger partial charge is 0.159 e. The normalized spacial score (nSPS) is 22.5. The van der Waals surface area contributed by atoms with E-state index in [4.69, 9.17) is 13.3 Å². The van der Waals surface area contributed by atoms with E-state index in [-0.39, 0.29) is 10.8 Å². The van der Waals surface area contributed by atoms with Gasteiger partial charge in [0.2, 0.25) is 0 Å². The topological polar surface area (TPSA) is 45.9 Å². The molecule has 83 heavy (non-hydrogen) atoms. The van der Waals surface area contributed by atoms with Gasteiger partial charge in [-0.2, -0.15) is 0 Å². The van der Waals surface area contributed by atoms with Crippen LogP contribution in [0.4, 0.5) is 34.1 Å². The summed E-state index contributed by atoms with van der Waals surface area (Å²) in [6.07, 6.45) is 6.42. The van der Waals surface area contributed by atoms with Crippen molar-refractivity contribution in [2.24, 2.45) is 28.6 Å². The molecule has 5 saturated carbocycles. The number of benzene rings is 11. The van der Waals surface area contributed by atoms with Crippen molar-refractivity contribution < 1.29 is 13.3 Å². The number of hydrogen-bond donors (Lipinski definition) is 0. The highest BCUT2D eigenvalue weighted by molar-refractivity contribution is 6.21. The number of rotatable bonds is 8. The zero-order valence-corrected chi connectivity index (χ0v) is 46.0. The summed E-state index contributed by atoms with van der Waals surface area (Å²) in [5.74, 6) is 1.63. The van der Waals surface area contributed by atoms with Crippen LogP contribution in [0, 0.1) is 28.6 Å². The molecule has 3 heterocycles. The highest BCUT2D eigenvalue weighted by Gasteiger charge is 2.80. The lowest BCUT2D eigenvalue weighted by Crippen LogP contribution is -2.68. The first kappa shape index (κ1) is 46.1. The van der Waals surface area contributed by atoms with Crippen molar-refractivity contribution in [3.05, 3.63) is 254 Å². The third kappa shape index (κ3) is 6.06. The van der Waals surface area contributed by atoms with E-state index in [1.165, 1.54) is 76.6 Å². The van der Waals surface area contributed by atoms with Crippen molar-refractivity contribution in [3.8, 4) is 33.4 Å². The lowest BCUT2D eigenvalue weighted by atomic mass is 9.30. The van der Waals surface area contributed by atoms with Gasteiger partial charge in [-0.3, -0.25) is 0 Å². The minimum Gasteiger partial charge on any atom is -0.455 e. The summed E-state index contributed by atoms with van der Waals surface area (Å²) in [4.78, 5) is 4.99. The van der Waals surface area contributed by atoms with E-state index in [1.54, 1.807) is 0 Å². The number of nitrogens with zero attached hydrogens (tertiary/aromatic N) is 2. The Morgan fingerprint density at radius 3 is 1.52 bits per heavy atom. The second kappa shape index (κ2) is 16.5. The van der Waals surface area contributed by atoms with Gasteiger partial charge in [0.1, 0.15) is 22.3 Å². The first-order valence-electron chi connectivity index (χ1n) is 29.8. The van der Waals surface area contributed by atoms with Gasteiger partial charge in [-0.15, -0.1) is 0 Å². The first-order valence-corrected chi connectivity index (χ1v) is 29.8. The summed E-state index contributed by atoms with van der Waals surface area (Å²) in [5, 5.41) is 6.65. The van der Waals surface area contributed by atoms with E-state index in [2.05, 4.69) is 259 Å². The van der Waals surface area contributed by atoms with Gasteiger partial charge < -0.3 is 23.1 Å². The predicted molar refractivity (Wildman–Crippen MR) is 339 cm³/mol. The van der Waals surface area contributed by atoms with E-state index in [9.17, 15) is 0 Å². The second-order valence-corrected chi connectivity index (χ2v) is 25.1. The molecule has 4 bridgehead atoms. The van der Waals surface area contributed by atoms with Crippen LogP contribution >= 0.6 is 0 Å². The SMILES string of the molecule is CC12CC3CC4CC1(C3)CC2C41c2cc(N(c3ccc(-c4ccccc4)cc3)c3cccc4c3oc3ccccc34)ccc2-c2c1cc(N(c1ccc(-c3ccccc3)cc1)c1cccc3c1oc1ccccc13)c1c2oc2ccccc21. The van der Waals surface area contributed by atoms with Gasteiger partial charge in [-0.1, -0.05) is 177 Å². The molecular formula is C78H56N2O3. The Balaban J connectivity index is 0.894. The van der Waals surface area contributed by atoms with Crippen molar-refractivity contribution in [1.82, 2.24) is 0 Å². The summed E-state index contributed by atoms with van der Waals surface area (Å²) >= 11 is 0. The van der Waals surface area contributed by atoms with Gasteiger partial charge in [0, 0.05) is 55.0 Å². The summed E-state index contributed by atoms with van der Waals surface area (Å²) < 4.78 is 21.5. The number of anilines is 6. The molecular weight excluding hydrogens is 1010 g/mol. The van der Waals surface area contributed by atoms with Crippen LogP contribution in [-0.2, 0) is 5.41 Å². The highest BCUT2D eigenvalue weighted by atomic mass is 16.3. The Kier molecular flexibility index (Phi) is 9.18. The van der Waals surface area contributed by atoms with Gasteiger partial charge in [0.05, 0.1) is 22.4 Å². The van der Waals surface area contributed by atoms with E-state index in [0.717, 1.165) is 106 Å². The maximum absolute atomic E-state index is 7.54. The van der Waals surface area contributed by atoms with Crippen LogP contribution in [0.25, 0.3) is 99.2 Å². The Morgan fingerprint density at radius 1 is 0.386 bits per heavy atom. The monoisotopic (exact) mass is 1070 g/mol. The van der Waals surface area contributed by atoms with Crippen LogP contribution < -0.4 is 9.80 Å². The molecule has 0 radical (unpaired) electrons. The zero-order valence-electron chi connectivity index (χ0n) is 46.0. The molecule has 5 fully saturated rings. The molecule has 2 spiro atoms. The summed E-state index contributed by atoms with van der Waals surface area (Å²) in [7, 11) is 0. The van der Waals surface area contributed by atoms with Gasteiger partial charge in [-0.25, -0.2) is 0 Å². The van der Waals surface area contributed by atoms with Gasteiger partial charge in [-0.05, 0) is 172 Å². The van der Waals surface area contributed by atoms with Gasteiger partial charge >= 0.3 is 0 Å².